The Balaban J connectivity index is 0.00000147. The van der Waals surface area contributed by atoms with Gasteiger partial charge in [0.1, 0.15) is 0 Å². The van der Waals surface area contributed by atoms with E-state index < -0.39 is 0 Å². The summed E-state index contributed by atoms with van der Waals surface area (Å²) in [6.07, 6.45) is 7.25. The highest BCUT2D eigenvalue weighted by Crippen LogP contribution is 2.47. The molecule has 6 atom stereocenters. The van der Waals surface area contributed by atoms with Crippen LogP contribution in [0.25, 0.3) is 0 Å². The summed E-state index contributed by atoms with van der Waals surface area (Å²) in [5, 5.41) is 3.32. The lowest BCUT2D eigenvalue weighted by Crippen LogP contribution is -2.49. The Hall–Kier alpha value is -0.280. The predicted molar refractivity (Wildman–Crippen MR) is 83.7 cm³/mol. The second kappa shape index (κ2) is 6.23. The van der Waals surface area contributed by atoms with Crippen molar-refractivity contribution in [3.63, 3.8) is 0 Å². The van der Waals surface area contributed by atoms with Crippen LogP contribution < -0.4 is 11.1 Å². The van der Waals surface area contributed by atoms with Crippen LogP contribution in [0.1, 0.15) is 52.4 Å². The summed E-state index contributed by atoms with van der Waals surface area (Å²) in [7, 11) is 0. The molecule has 0 spiro atoms. The minimum atomic E-state index is 0. The molecule has 3 fully saturated rings. The third kappa shape index (κ3) is 2.99. The summed E-state index contributed by atoms with van der Waals surface area (Å²) in [5.74, 6) is 3.02. The van der Waals surface area contributed by atoms with Crippen molar-refractivity contribution in [2.45, 2.75) is 64.5 Å². The Bertz CT molecular complexity index is 350. The normalized spacial score (nSPS) is 46.9. The quantitative estimate of drug-likeness (QED) is 0.824. The van der Waals surface area contributed by atoms with Crippen LogP contribution in [0.2, 0.25) is 0 Å². The molecule has 1 amide bonds. The van der Waals surface area contributed by atoms with E-state index in [0.29, 0.717) is 17.9 Å². The second-order valence-corrected chi connectivity index (χ2v) is 7.56. The van der Waals surface area contributed by atoms with E-state index in [9.17, 15) is 4.79 Å². The fraction of sp³-hybridized carbons (Fsp3) is 0.938. The number of halogens is 1. The minimum absolute atomic E-state index is 0. The van der Waals surface area contributed by atoms with E-state index >= 15 is 0 Å². The first-order valence-corrected chi connectivity index (χ1v) is 8.10. The standard InChI is InChI=1S/C16H28N2O.ClH/c1-9-5-10(2)7-13(6-9)18-16(19)14-11-3-4-12(8-11)15(14)17;/h9-15H,3-8,17H2,1-2H3,(H,18,19);1H. The van der Waals surface area contributed by atoms with Gasteiger partial charge in [-0.1, -0.05) is 13.8 Å². The van der Waals surface area contributed by atoms with Crippen LogP contribution in [-0.4, -0.2) is 18.0 Å². The summed E-state index contributed by atoms with van der Waals surface area (Å²) in [6.45, 7) is 4.61. The van der Waals surface area contributed by atoms with Crippen molar-refractivity contribution in [1.29, 1.82) is 0 Å². The van der Waals surface area contributed by atoms with Gasteiger partial charge in [-0.05, 0) is 62.2 Å². The second-order valence-electron chi connectivity index (χ2n) is 7.56. The van der Waals surface area contributed by atoms with E-state index in [-0.39, 0.29) is 30.3 Å². The molecule has 116 valence electrons. The SMILES string of the molecule is CC1CC(C)CC(NC(=O)C2C3CCC(C3)C2N)C1.Cl. The smallest absolute Gasteiger partial charge is 0.225 e. The zero-order chi connectivity index (χ0) is 13.6. The molecule has 0 aromatic heterocycles. The number of nitrogens with one attached hydrogen (secondary N) is 1. The number of nitrogens with two attached hydrogens (primary N) is 1. The lowest BCUT2D eigenvalue weighted by atomic mass is 9.79. The predicted octanol–water partition coefficient (Wildman–Crippen LogP) is 2.72. The number of carbonyl (C=O) groups is 1. The first kappa shape index (κ1) is 16.1. The molecule has 0 aromatic rings. The van der Waals surface area contributed by atoms with E-state index in [1.54, 1.807) is 0 Å². The highest BCUT2D eigenvalue weighted by molar-refractivity contribution is 5.85. The zero-order valence-corrected chi connectivity index (χ0v) is 13.5. The van der Waals surface area contributed by atoms with Gasteiger partial charge in [0.25, 0.3) is 0 Å². The molecular formula is C16H29ClN2O. The summed E-state index contributed by atoms with van der Waals surface area (Å²) >= 11 is 0. The molecule has 3 aliphatic rings. The molecule has 20 heavy (non-hydrogen) atoms. The third-order valence-corrected chi connectivity index (χ3v) is 5.81. The van der Waals surface area contributed by atoms with Gasteiger partial charge in [-0.25, -0.2) is 0 Å². The summed E-state index contributed by atoms with van der Waals surface area (Å²) in [4.78, 5) is 12.5. The van der Waals surface area contributed by atoms with Crippen LogP contribution in [0.4, 0.5) is 0 Å². The zero-order valence-electron chi connectivity index (χ0n) is 12.7. The highest BCUT2D eigenvalue weighted by Gasteiger charge is 2.49. The average molecular weight is 301 g/mol. The fourth-order valence-corrected chi connectivity index (χ4v) is 5.09. The lowest BCUT2D eigenvalue weighted by Gasteiger charge is -2.34. The molecule has 4 heteroatoms. The van der Waals surface area contributed by atoms with E-state index in [4.69, 9.17) is 5.73 Å². The topological polar surface area (TPSA) is 55.1 Å². The maximum Gasteiger partial charge on any atom is 0.225 e. The average Bonchev–Trinajstić information content (AvgIpc) is 2.87. The Labute approximate surface area is 128 Å². The van der Waals surface area contributed by atoms with Crippen molar-refractivity contribution < 1.29 is 4.79 Å². The van der Waals surface area contributed by atoms with Gasteiger partial charge in [-0.15, -0.1) is 12.4 Å². The largest absolute Gasteiger partial charge is 0.353 e. The molecule has 0 aromatic carbocycles. The molecule has 3 rings (SSSR count). The molecule has 0 heterocycles. The molecule has 3 aliphatic carbocycles. The Morgan fingerprint density at radius 2 is 1.60 bits per heavy atom. The fourth-order valence-electron chi connectivity index (χ4n) is 5.09. The van der Waals surface area contributed by atoms with Crippen LogP contribution in [0.5, 0.6) is 0 Å². The van der Waals surface area contributed by atoms with E-state index in [1.165, 1.54) is 25.7 Å². The van der Waals surface area contributed by atoms with Gasteiger partial charge in [0, 0.05) is 12.1 Å². The first-order chi connectivity index (χ1) is 9.04. The molecule has 3 nitrogen and oxygen atoms in total. The van der Waals surface area contributed by atoms with Gasteiger partial charge in [0.15, 0.2) is 0 Å². The molecule has 0 saturated heterocycles. The first-order valence-electron chi connectivity index (χ1n) is 8.10. The summed E-state index contributed by atoms with van der Waals surface area (Å²) in [6, 6.07) is 0.509. The van der Waals surface area contributed by atoms with Crippen LogP contribution in [0.3, 0.4) is 0 Å². The minimum Gasteiger partial charge on any atom is -0.353 e. The molecule has 2 bridgehead atoms. The van der Waals surface area contributed by atoms with Crippen LogP contribution in [-0.2, 0) is 4.79 Å². The van der Waals surface area contributed by atoms with Gasteiger partial charge in [0.2, 0.25) is 5.91 Å². The van der Waals surface area contributed by atoms with Gasteiger partial charge in [-0.2, -0.15) is 0 Å². The maximum absolute atomic E-state index is 12.5. The van der Waals surface area contributed by atoms with Crippen molar-refractivity contribution in [3.05, 3.63) is 0 Å². The number of amides is 1. The molecule has 0 radical (unpaired) electrons. The Morgan fingerprint density at radius 3 is 2.15 bits per heavy atom. The van der Waals surface area contributed by atoms with E-state index in [1.807, 2.05) is 0 Å². The molecule has 0 aliphatic heterocycles. The Kier molecular flexibility index (Phi) is 5.01. The van der Waals surface area contributed by atoms with Crippen molar-refractivity contribution in [3.8, 4) is 0 Å². The molecular weight excluding hydrogens is 272 g/mol. The van der Waals surface area contributed by atoms with Gasteiger partial charge in [-0.3, -0.25) is 4.79 Å². The monoisotopic (exact) mass is 300 g/mol. The number of hydrogen-bond donors (Lipinski definition) is 2. The highest BCUT2D eigenvalue weighted by atomic mass is 35.5. The van der Waals surface area contributed by atoms with Crippen molar-refractivity contribution >= 4 is 18.3 Å². The summed E-state index contributed by atoms with van der Waals surface area (Å²) in [5.41, 5.74) is 6.26. The Morgan fingerprint density at radius 1 is 1.00 bits per heavy atom. The van der Waals surface area contributed by atoms with Gasteiger partial charge >= 0.3 is 0 Å². The number of rotatable bonds is 2. The molecule has 3 saturated carbocycles. The third-order valence-electron chi connectivity index (χ3n) is 5.81. The number of carbonyl (C=O) groups excluding carboxylic acids is 1. The molecule has 3 N–H and O–H groups in total. The number of fused-ring (bicyclic) bond motifs is 2. The van der Waals surface area contributed by atoms with Gasteiger partial charge < -0.3 is 11.1 Å². The van der Waals surface area contributed by atoms with E-state index in [0.717, 1.165) is 24.7 Å². The number of hydrogen-bond acceptors (Lipinski definition) is 2. The van der Waals surface area contributed by atoms with Crippen LogP contribution >= 0.6 is 12.4 Å². The van der Waals surface area contributed by atoms with Crippen molar-refractivity contribution in [2.24, 2.45) is 35.3 Å². The van der Waals surface area contributed by atoms with Crippen LogP contribution in [0.15, 0.2) is 0 Å². The van der Waals surface area contributed by atoms with Crippen molar-refractivity contribution in [1.82, 2.24) is 5.32 Å². The molecule has 6 unspecified atom stereocenters. The van der Waals surface area contributed by atoms with Crippen LogP contribution in [0, 0.1) is 29.6 Å². The maximum atomic E-state index is 12.5. The van der Waals surface area contributed by atoms with Crippen molar-refractivity contribution in [2.75, 3.05) is 0 Å². The lowest BCUT2D eigenvalue weighted by molar-refractivity contribution is -0.128. The summed E-state index contributed by atoms with van der Waals surface area (Å²) < 4.78 is 0. The van der Waals surface area contributed by atoms with Gasteiger partial charge in [0.05, 0.1) is 5.92 Å². The van der Waals surface area contributed by atoms with E-state index in [2.05, 4.69) is 19.2 Å².